The summed E-state index contributed by atoms with van der Waals surface area (Å²) in [5, 5.41) is 10.5. The predicted molar refractivity (Wildman–Crippen MR) is 104 cm³/mol. The van der Waals surface area contributed by atoms with Gasteiger partial charge in [-0.25, -0.2) is 0 Å². The molecule has 6 heteroatoms. The zero-order valence-electron chi connectivity index (χ0n) is 16.6. The highest BCUT2D eigenvalue weighted by Gasteiger charge is 2.46. The summed E-state index contributed by atoms with van der Waals surface area (Å²) in [6, 6.07) is 10.3. The molecule has 28 heavy (non-hydrogen) atoms. The van der Waals surface area contributed by atoms with Crippen molar-refractivity contribution >= 4 is 11.7 Å². The Morgan fingerprint density at radius 2 is 1.89 bits per heavy atom. The molecule has 1 unspecified atom stereocenters. The van der Waals surface area contributed by atoms with Gasteiger partial charge in [-0.1, -0.05) is 32.9 Å². The Kier molecular flexibility index (Phi) is 5.31. The molecule has 1 aromatic carbocycles. The minimum Gasteiger partial charge on any atom is -0.503 e. The molecule has 0 bridgehead atoms. The number of benzene rings is 1. The lowest BCUT2D eigenvalue weighted by Crippen LogP contribution is -2.34. The van der Waals surface area contributed by atoms with Gasteiger partial charge in [-0.3, -0.25) is 9.59 Å². The molecule has 3 rings (SSSR count). The molecule has 1 aliphatic heterocycles. The second-order valence-electron chi connectivity index (χ2n) is 7.86. The van der Waals surface area contributed by atoms with Gasteiger partial charge in [-0.2, -0.15) is 0 Å². The average Bonchev–Trinajstić information content (AvgIpc) is 3.27. The van der Waals surface area contributed by atoms with Gasteiger partial charge < -0.3 is 19.2 Å². The van der Waals surface area contributed by atoms with Gasteiger partial charge in [0.1, 0.15) is 17.6 Å². The van der Waals surface area contributed by atoms with Crippen LogP contribution in [0.5, 0.6) is 5.75 Å². The Labute approximate surface area is 164 Å². The number of hydrogen-bond acceptors (Lipinski definition) is 5. The van der Waals surface area contributed by atoms with E-state index >= 15 is 0 Å². The minimum atomic E-state index is -0.736. The molecule has 6 nitrogen and oxygen atoms in total. The summed E-state index contributed by atoms with van der Waals surface area (Å²) >= 11 is 0. The van der Waals surface area contributed by atoms with Crippen LogP contribution in [0.3, 0.4) is 0 Å². The second kappa shape index (κ2) is 7.54. The molecule has 1 aliphatic rings. The van der Waals surface area contributed by atoms with Gasteiger partial charge in [0.2, 0.25) is 0 Å². The summed E-state index contributed by atoms with van der Waals surface area (Å²) in [5.41, 5.74) is 0.379. The molecule has 2 aromatic rings. The highest BCUT2D eigenvalue weighted by Crippen LogP contribution is 2.41. The monoisotopic (exact) mass is 383 g/mol. The number of amides is 1. The zero-order valence-corrected chi connectivity index (χ0v) is 16.6. The Morgan fingerprint density at radius 1 is 1.21 bits per heavy atom. The van der Waals surface area contributed by atoms with Gasteiger partial charge in [-0.05, 0) is 36.2 Å². The zero-order chi connectivity index (χ0) is 20.5. The van der Waals surface area contributed by atoms with Crippen molar-refractivity contribution < 1.29 is 23.8 Å². The van der Waals surface area contributed by atoms with E-state index in [1.807, 2.05) is 24.3 Å². The number of ether oxygens (including phenoxy) is 1. The highest BCUT2D eigenvalue weighted by atomic mass is 16.5. The Hall–Kier alpha value is -3.02. The lowest BCUT2D eigenvalue weighted by atomic mass is 9.83. The first-order valence-corrected chi connectivity index (χ1v) is 9.19. The number of rotatable bonds is 6. The van der Waals surface area contributed by atoms with Crippen LogP contribution in [0.2, 0.25) is 0 Å². The van der Waals surface area contributed by atoms with Crippen molar-refractivity contribution in [2.75, 3.05) is 13.7 Å². The molecule has 0 radical (unpaired) electrons. The molecular formula is C22H25NO5. The van der Waals surface area contributed by atoms with Crippen molar-refractivity contribution in [2.24, 2.45) is 5.41 Å². The number of nitrogens with zero attached hydrogens (tertiary/aromatic N) is 1. The fourth-order valence-electron chi connectivity index (χ4n) is 3.30. The van der Waals surface area contributed by atoms with Gasteiger partial charge in [0.15, 0.2) is 11.5 Å². The van der Waals surface area contributed by atoms with Crippen molar-refractivity contribution in [3.8, 4) is 5.75 Å². The van der Waals surface area contributed by atoms with Crippen LogP contribution >= 0.6 is 0 Å². The van der Waals surface area contributed by atoms with E-state index in [9.17, 15) is 14.7 Å². The maximum absolute atomic E-state index is 13.0. The van der Waals surface area contributed by atoms with Gasteiger partial charge >= 0.3 is 0 Å². The predicted octanol–water partition coefficient (Wildman–Crippen LogP) is 3.84. The third-order valence-corrected chi connectivity index (χ3v) is 4.84. The third-order valence-electron chi connectivity index (χ3n) is 4.84. The largest absolute Gasteiger partial charge is 0.503 e. The standard InChI is InChI=1S/C22H25NO5/c1-22(2,3)20(25)17-18(16-6-5-13-28-16)23(21(26)19(17)24)12-11-14-7-9-15(27-4)10-8-14/h5-10,13,18,24H,11-12H2,1-4H3. The minimum absolute atomic E-state index is 0.0992. The molecule has 148 valence electrons. The molecule has 0 saturated carbocycles. The van der Waals surface area contributed by atoms with Crippen molar-refractivity contribution in [3.05, 3.63) is 65.3 Å². The normalized spacial score (nSPS) is 17.4. The third kappa shape index (κ3) is 3.67. The molecule has 0 spiro atoms. The van der Waals surface area contributed by atoms with E-state index < -0.39 is 23.1 Å². The van der Waals surface area contributed by atoms with Crippen molar-refractivity contribution in [1.82, 2.24) is 4.90 Å². The number of carbonyl (C=O) groups excluding carboxylic acids is 2. The fourth-order valence-corrected chi connectivity index (χ4v) is 3.30. The van der Waals surface area contributed by atoms with E-state index in [0.717, 1.165) is 11.3 Å². The van der Waals surface area contributed by atoms with E-state index in [0.29, 0.717) is 18.7 Å². The molecule has 0 saturated heterocycles. The molecule has 2 heterocycles. The number of methoxy groups -OCH3 is 1. The molecule has 0 aliphatic carbocycles. The quantitative estimate of drug-likeness (QED) is 0.820. The molecule has 0 fully saturated rings. The van der Waals surface area contributed by atoms with Crippen LogP contribution in [0.15, 0.2) is 58.4 Å². The summed E-state index contributed by atoms with van der Waals surface area (Å²) in [5.74, 6) is -0.100. The molecular weight excluding hydrogens is 358 g/mol. The number of aliphatic hydroxyl groups is 1. The van der Waals surface area contributed by atoms with Gasteiger partial charge in [-0.15, -0.1) is 0 Å². The van der Waals surface area contributed by atoms with E-state index in [2.05, 4.69) is 0 Å². The van der Waals surface area contributed by atoms with Crippen LogP contribution in [0, 0.1) is 5.41 Å². The van der Waals surface area contributed by atoms with Crippen LogP contribution in [0.1, 0.15) is 38.1 Å². The summed E-state index contributed by atoms with van der Waals surface area (Å²) < 4.78 is 10.7. The molecule has 1 amide bonds. The molecule has 1 atom stereocenters. The first-order chi connectivity index (χ1) is 13.2. The number of furan rings is 1. The second-order valence-corrected chi connectivity index (χ2v) is 7.86. The van der Waals surface area contributed by atoms with Gasteiger partial charge in [0.05, 0.1) is 18.9 Å². The van der Waals surface area contributed by atoms with Gasteiger partial charge in [0, 0.05) is 12.0 Å². The van der Waals surface area contributed by atoms with E-state index in [1.165, 1.54) is 11.2 Å². The van der Waals surface area contributed by atoms with Crippen LogP contribution < -0.4 is 4.74 Å². The van der Waals surface area contributed by atoms with Crippen LogP contribution in [0.25, 0.3) is 0 Å². The lowest BCUT2D eigenvalue weighted by molar-refractivity contribution is -0.129. The summed E-state index contributed by atoms with van der Waals surface area (Å²) in [4.78, 5) is 27.2. The van der Waals surface area contributed by atoms with E-state index in [1.54, 1.807) is 40.0 Å². The summed E-state index contributed by atoms with van der Waals surface area (Å²) in [6.07, 6.45) is 2.06. The van der Waals surface area contributed by atoms with Crippen LogP contribution in [-0.4, -0.2) is 35.4 Å². The first kappa shape index (κ1) is 19.7. The highest BCUT2D eigenvalue weighted by molar-refractivity contribution is 6.10. The summed E-state index contributed by atoms with van der Waals surface area (Å²) in [7, 11) is 1.61. The summed E-state index contributed by atoms with van der Waals surface area (Å²) in [6.45, 7) is 5.62. The average molecular weight is 383 g/mol. The number of aliphatic hydroxyl groups excluding tert-OH is 1. The molecule has 1 N–H and O–H groups in total. The topological polar surface area (TPSA) is 80.0 Å². The molecule has 1 aromatic heterocycles. The first-order valence-electron chi connectivity index (χ1n) is 9.19. The van der Waals surface area contributed by atoms with E-state index in [-0.39, 0.29) is 11.4 Å². The van der Waals surface area contributed by atoms with Crippen LogP contribution in [0.4, 0.5) is 0 Å². The van der Waals surface area contributed by atoms with Crippen molar-refractivity contribution in [2.45, 2.75) is 33.2 Å². The number of carbonyl (C=O) groups is 2. The SMILES string of the molecule is COc1ccc(CCN2C(=O)C(O)=C(C(=O)C(C)(C)C)C2c2ccco2)cc1. The maximum atomic E-state index is 13.0. The Morgan fingerprint density at radius 3 is 2.43 bits per heavy atom. The number of Topliss-reactive ketones (excluding diaryl/α,β-unsaturated/α-hetero) is 1. The van der Waals surface area contributed by atoms with E-state index in [4.69, 9.17) is 9.15 Å². The Bertz CT molecular complexity index is 888. The van der Waals surface area contributed by atoms with Crippen molar-refractivity contribution in [1.29, 1.82) is 0 Å². The maximum Gasteiger partial charge on any atom is 0.290 e. The van der Waals surface area contributed by atoms with Crippen LogP contribution in [-0.2, 0) is 16.0 Å². The Balaban J connectivity index is 1.89. The fraction of sp³-hybridized carbons (Fsp3) is 0.364. The van der Waals surface area contributed by atoms with Crippen molar-refractivity contribution in [3.63, 3.8) is 0 Å². The number of ketones is 1. The van der Waals surface area contributed by atoms with Gasteiger partial charge in [0.25, 0.3) is 5.91 Å². The lowest BCUT2D eigenvalue weighted by Gasteiger charge is -2.27. The number of hydrogen-bond donors (Lipinski definition) is 1. The smallest absolute Gasteiger partial charge is 0.290 e.